The van der Waals surface area contributed by atoms with Crippen molar-refractivity contribution in [2.24, 2.45) is 0 Å². The molecule has 2 aromatic rings. The topological polar surface area (TPSA) is 55.8 Å². The van der Waals surface area contributed by atoms with Gasteiger partial charge in [-0.2, -0.15) is 0 Å². The molecule has 0 aliphatic carbocycles. The Labute approximate surface area is 121 Å². The van der Waals surface area contributed by atoms with Crippen LogP contribution in [-0.2, 0) is 6.42 Å². The Morgan fingerprint density at radius 2 is 1.81 bits per heavy atom. The average Bonchev–Trinajstić information content (AvgIpc) is 2.48. The number of hydrogen-bond acceptors (Lipinski definition) is 4. The molecule has 21 heavy (non-hydrogen) atoms. The molecule has 0 bridgehead atoms. The van der Waals surface area contributed by atoms with E-state index in [1.165, 1.54) is 50.6 Å². The van der Waals surface area contributed by atoms with Crippen LogP contribution in [0.1, 0.15) is 15.9 Å². The van der Waals surface area contributed by atoms with Gasteiger partial charge < -0.3 is 14.6 Å². The Kier molecular flexibility index (Phi) is 4.42. The zero-order chi connectivity index (χ0) is 15.4. The Morgan fingerprint density at radius 3 is 2.38 bits per heavy atom. The highest BCUT2D eigenvalue weighted by Crippen LogP contribution is 2.34. The van der Waals surface area contributed by atoms with Crippen molar-refractivity contribution in [3.05, 3.63) is 53.3 Å². The highest BCUT2D eigenvalue weighted by Gasteiger charge is 2.19. The van der Waals surface area contributed by atoms with Gasteiger partial charge in [0.15, 0.2) is 5.78 Å². The molecule has 4 nitrogen and oxygen atoms in total. The van der Waals surface area contributed by atoms with E-state index in [2.05, 4.69) is 0 Å². The molecule has 0 radical (unpaired) electrons. The molecule has 0 aliphatic heterocycles. The number of Topliss-reactive ketones (excluding diaryl/α,β-unsaturated/α-hetero) is 1. The summed E-state index contributed by atoms with van der Waals surface area (Å²) < 4.78 is 23.0. The largest absolute Gasteiger partial charge is 0.507 e. The third kappa shape index (κ3) is 3.31. The van der Waals surface area contributed by atoms with E-state index in [-0.39, 0.29) is 35.1 Å². The number of carbonyl (C=O) groups is 1. The quantitative estimate of drug-likeness (QED) is 0.860. The maximum atomic E-state index is 12.9. The second-order valence-electron chi connectivity index (χ2n) is 4.45. The summed E-state index contributed by atoms with van der Waals surface area (Å²) >= 11 is 0. The Hall–Kier alpha value is -2.56. The summed E-state index contributed by atoms with van der Waals surface area (Å²) in [5, 5.41) is 9.99. The molecule has 0 spiro atoms. The van der Waals surface area contributed by atoms with Crippen LogP contribution in [0.3, 0.4) is 0 Å². The highest BCUT2D eigenvalue weighted by molar-refractivity contribution is 6.02. The van der Waals surface area contributed by atoms with Crippen LogP contribution in [-0.4, -0.2) is 25.1 Å². The molecule has 0 saturated carbocycles. The number of benzene rings is 2. The molecule has 0 saturated heterocycles. The number of rotatable bonds is 5. The van der Waals surface area contributed by atoms with Crippen LogP contribution in [0.15, 0.2) is 36.4 Å². The minimum Gasteiger partial charge on any atom is -0.507 e. The van der Waals surface area contributed by atoms with Crippen LogP contribution in [0, 0.1) is 5.82 Å². The zero-order valence-corrected chi connectivity index (χ0v) is 11.7. The van der Waals surface area contributed by atoms with E-state index in [1.807, 2.05) is 0 Å². The van der Waals surface area contributed by atoms with Crippen molar-refractivity contribution in [2.45, 2.75) is 6.42 Å². The number of carbonyl (C=O) groups excluding carboxylic acids is 1. The van der Waals surface area contributed by atoms with Crippen molar-refractivity contribution >= 4 is 5.78 Å². The molecule has 0 fully saturated rings. The van der Waals surface area contributed by atoms with E-state index >= 15 is 0 Å². The van der Waals surface area contributed by atoms with Gasteiger partial charge in [-0.15, -0.1) is 0 Å². The number of methoxy groups -OCH3 is 2. The van der Waals surface area contributed by atoms with Gasteiger partial charge in [0.25, 0.3) is 0 Å². The summed E-state index contributed by atoms with van der Waals surface area (Å²) in [6.45, 7) is 0. The van der Waals surface area contributed by atoms with Crippen molar-refractivity contribution < 1.29 is 23.8 Å². The van der Waals surface area contributed by atoms with Crippen LogP contribution in [0.25, 0.3) is 0 Å². The Morgan fingerprint density at radius 1 is 1.14 bits per heavy atom. The van der Waals surface area contributed by atoms with Crippen molar-refractivity contribution in [1.29, 1.82) is 0 Å². The summed E-state index contributed by atoms with van der Waals surface area (Å²) in [4.78, 5) is 12.3. The number of hydrogen-bond donors (Lipinski definition) is 1. The van der Waals surface area contributed by atoms with E-state index < -0.39 is 0 Å². The lowest BCUT2D eigenvalue weighted by Gasteiger charge is -2.12. The van der Waals surface area contributed by atoms with Gasteiger partial charge in [-0.05, 0) is 17.7 Å². The van der Waals surface area contributed by atoms with Gasteiger partial charge in [0.05, 0.1) is 14.2 Å². The predicted octanol–water partition coefficient (Wildman–Crippen LogP) is 2.97. The fourth-order valence-electron chi connectivity index (χ4n) is 2.01. The van der Waals surface area contributed by atoms with Gasteiger partial charge in [-0.1, -0.05) is 12.1 Å². The van der Waals surface area contributed by atoms with Crippen LogP contribution < -0.4 is 9.47 Å². The maximum absolute atomic E-state index is 12.9. The van der Waals surface area contributed by atoms with Crippen molar-refractivity contribution in [1.82, 2.24) is 0 Å². The standard InChI is InChI=1S/C16H15FO4/c1-20-12-8-14(19)16(15(9-12)21-2)13(18)7-10-3-5-11(17)6-4-10/h3-6,8-9,19H,7H2,1-2H3. The first-order valence-corrected chi connectivity index (χ1v) is 6.27. The average molecular weight is 290 g/mol. The molecule has 0 aromatic heterocycles. The van der Waals surface area contributed by atoms with Crippen LogP contribution >= 0.6 is 0 Å². The monoisotopic (exact) mass is 290 g/mol. The summed E-state index contributed by atoms with van der Waals surface area (Å²) in [6, 6.07) is 8.50. The molecule has 2 aromatic carbocycles. The third-order valence-electron chi connectivity index (χ3n) is 3.07. The van der Waals surface area contributed by atoms with E-state index in [0.29, 0.717) is 11.3 Å². The Bertz CT molecular complexity index is 650. The molecular formula is C16H15FO4. The molecule has 0 amide bonds. The van der Waals surface area contributed by atoms with E-state index in [1.54, 1.807) is 0 Å². The number of halogens is 1. The molecule has 110 valence electrons. The second kappa shape index (κ2) is 6.26. The third-order valence-corrected chi connectivity index (χ3v) is 3.07. The lowest BCUT2D eigenvalue weighted by Crippen LogP contribution is -2.06. The lowest BCUT2D eigenvalue weighted by molar-refractivity contribution is 0.0987. The van der Waals surface area contributed by atoms with E-state index in [9.17, 15) is 14.3 Å². The lowest BCUT2D eigenvalue weighted by atomic mass is 10.0. The molecule has 0 heterocycles. The smallest absolute Gasteiger partial charge is 0.174 e. The van der Waals surface area contributed by atoms with Crippen LogP contribution in [0.5, 0.6) is 17.2 Å². The Balaban J connectivity index is 2.32. The molecule has 0 atom stereocenters. The minimum atomic E-state index is -0.365. The zero-order valence-electron chi connectivity index (χ0n) is 11.7. The molecule has 5 heteroatoms. The van der Waals surface area contributed by atoms with Crippen LogP contribution in [0.2, 0.25) is 0 Å². The van der Waals surface area contributed by atoms with E-state index in [0.717, 1.165) is 0 Å². The van der Waals surface area contributed by atoms with E-state index in [4.69, 9.17) is 9.47 Å². The maximum Gasteiger partial charge on any atom is 0.174 e. The highest BCUT2D eigenvalue weighted by atomic mass is 19.1. The summed E-state index contributed by atoms with van der Waals surface area (Å²) in [6.07, 6.45) is 0.0382. The van der Waals surface area contributed by atoms with Crippen molar-refractivity contribution in [3.8, 4) is 17.2 Å². The van der Waals surface area contributed by atoms with Crippen molar-refractivity contribution in [3.63, 3.8) is 0 Å². The first kappa shape index (κ1) is 14.8. The van der Waals surface area contributed by atoms with Gasteiger partial charge >= 0.3 is 0 Å². The number of ether oxygens (including phenoxy) is 2. The molecular weight excluding hydrogens is 275 g/mol. The predicted molar refractivity (Wildman–Crippen MR) is 75.6 cm³/mol. The molecule has 2 rings (SSSR count). The SMILES string of the molecule is COc1cc(O)c(C(=O)Cc2ccc(F)cc2)c(OC)c1. The molecule has 0 unspecified atom stereocenters. The fraction of sp³-hybridized carbons (Fsp3) is 0.188. The normalized spacial score (nSPS) is 10.2. The van der Waals surface area contributed by atoms with Crippen molar-refractivity contribution in [2.75, 3.05) is 14.2 Å². The summed E-state index contributed by atoms with van der Waals surface area (Å²) in [7, 11) is 2.86. The number of ketones is 1. The number of phenols is 1. The van der Waals surface area contributed by atoms with Gasteiger partial charge in [0.2, 0.25) is 0 Å². The van der Waals surface area contributed by atoms with Gasteiger partial charge in [0, 0.05) is 18.6 Å². The fourth-order valence-corrected chi connectivity index (χ4v) is 2.01. The van der Waals surface area contributed by atoms with Crippen LogP contribution in [0.4, 0.5) is 4.39 Å². The number of aromatic hydroxyl groups is 1. The number of phenolic OH excluding ortho intramolecular Hbond substituents is 1. The minimum absolute atomic E-state index is 0.0382. The summed E-state index contributed by atoms with van der Waals surface area (Å²) in [5.41, 5.74) is 0.737. The first-order valence-electron chi connectivity index (χ1n) is 6.27. The first-order chi connectivity index (χ1) is 10.0. The second-order valence-corrected chi connectivity index (χ2v) is 4.45. The summed E-state index contributed by atoms with van der Waals surface area (Å²) in [5.74, 6) is -0.269. The molecule has 1 N–H and O–H groups in total. The van der Waals surface area contributed by atoms with Gasteiger partial charge in [-0.3, -0.25) is 4.79 Å². The molecule has 0 aliphatic rings. The van der Waals surface area contributed by atoms with Gasteiger partial charge in [0.1, 0.15) is 28.6 Å². The van der Waals surface area contributed by atoms with Gasteiger partial charge in [-0.25, -0.2) is 4.39 Å².